The number of nitrogens with one attached hydrogen (secondary N) is 1. The molecule has 0 aromatic rings. The summed E-state index contributed by atoms with van der Waals surface area (Å²) in [5.74, 6) is -2.34. The molecule has 4 N–H and O–H groups in total. The fraction of sp³-hybridized carbons (Fsp3) is 0.842. The highest BCUT2D eigenvalue weighted by molar-refractivity contribution is 5.80. The van der Waals surface area contributed by atoms with Crippen LogP contribution in [0, 0.1) is 5.92 Å². The van der Waals surface area contributed by atoms with Crippen molar-refractivity contribution in [3.05, 3.63) is 0 Å². The quantitative estimate of drug-likeness (QED) is 0.335. The van der Waals surface area contributed by atoms with Gasteiger partial charge in [0.1, 0.15) is 5.60 Å². The van der Waals surface area contributed by atoms with Gasteiger partial charge in [0.25, 0.3) is 0 Å². The topological polar surface area (TPSA) is 137 Å². The molecule has 9 nitrogen and oxygen atoms in total. The lowest BCUT2D eigenvalue weighted by atomic mass is 10.00. The molecule has 164 valence electrons. The van der Waals surface area contributed by atoms with E-state index in [9.17, 15) is 14.4 Å². The molecule has 0 aliphatic rings. The van der Waals surface area contributed by atoms with Gasteiger partial charge in [0.2, 0.25) is 5.91 Å². The monoisotopic (exact) mass is 404 g/mol. The van der Waals surface area contributed by atoms with Crippen LogP contribution in [0.4, 0.5) is 4.79 Å². The Labute approximate surface area is 167 Å². The molecule has 0 saturated heterocycles. The van der Waals surface area contributed by atoms with Crippen LogP contribution < -0.4 is 11.1 Å². The largest absolute Gasteiger partial charge is 0.481 e. The van der Waals surface area contributed by atoms with Gasteiger partial charge in [0.15, 0.2) is 0 Å². The molecule has 9 heteroatoms. The Kier molecular flexibility index (Phi) is 14.1. The van der Waals surface area contributed by atoms with Crippen molar-refractivity contribution in [2.45, 2.75) is 64.9 Å². The number of carboxylic acid groups (broad SMARTS) is 1. The average molecular weight is 405 g/mol. The van der Waals surface area contributed by atoms with E-state index in [1.165, 1.54) is 0 Å². The number of alkyl carbamates (subject to hydrolysis) is 1. The normalized spacial score (nSPS) is 12.4. The van der Waals surface area contributed by atoms with E-state index in [1.807, 2.05) is 20.8 Å². The fourth-order valence-electron chi connectivity index (χ4n) is 2.28. The second kappa shape index (κ2) is 15.1. The highest BCUT2D eigenvalue weighted by Gasteiger charge is 2.19. The predicted molar refractivity (Wildman–Crippen MR) is 104 cm³/mol. The van der Waals surface area contributed by atoms with E-state index < -0.39 is 29.5 Å². The zero-order valence-corrected chi connectivity index (χ0v) is 17.3. The van der Waals surface area contributed by atoms with Crippen LogP contribution in [0.1, 0.15) is 59.3 Å². The predicted octanol–water partition coefficient (Wildman–Crippen LogP) is 2.07. The second-order valence-corrected chi connectivity index (χ2v) is 7.56. The molecule has 28 heavy (non-hydrogen) atoms. The summed E-state index contributed by atoms with van der Waals surface area (Å²) in [6, 6.07) is 0. The van der Waals surface area contributed by atoms with E-state index in [2.05, 4.69) is 5.32 Å². The summed E-state index contributed by atoms with van der Waals surface area (Å²) in [5, 5.41) is 11.7. The van der Waals surface area contributed by atoms with Gasteiger partial charge in [0.05, 0.1) is 5.92 Å². The maximum Gasteiger partial charge on any atom is 0.407 e. The molecular weight excluding hydrogens is 368 g/mol. The van der Waals surface area contributed by atoms with Crippen molar-refractivity contribution in [3.8, 4) is 0 Å². The van der Waals surface area contributed by atoms with Crippen LogP contribution in [0.5, 0.6) is 0 Å². The number of aliphatic carboxylic acids is 1. The van der Waals surface area contributed by atoms with Crippen LogP contribution in [0.25, 0.3) is 0 Å². The van der Waals surface area contributed by atoms with E-state index in [4.69, 9.17) is 25.1 Å². The maximum absolute atomic E-state index is 11.4. The van der Waals surface area contributed by atoms with Crippen molar-refractivity contribution in [3.63, 3.8) is 0 Å². The Bertz CT molecular complexity index is 464. The first-order valence-electron chi connectivity index (χ1n) is 9.75. The van der Waals surface area contributed by atoms with Crippen LogP contribution in [0.2, 0.25) is 0 Å². The molecule has 0 saturated carbocycles. The molecule has 1 atom stereocenters. The first kappa shape index (κ1) is 26.1. The van der Waals surface area contributed by atoms with Crippen molar-refractivity contribution in [2.75, 3.05) is 33.0 Å². The van der Waals surface area contributed by atoms with Gasteiger partial charge < -0.3 is 30.4 Å². The summed E-state index contributed by atoms with van der Waals surface area (Å²) in [5.41, 5.74) is 4.54. The lowest BCUT2D eigenvalue weighted by molar-refractivity contribution is -0.144. The van der Waals surface area contributed by atoms with Crippen LogP contribution in [0.3, 0.4) is 0 Å². The summed E-state index contributed by atoms with van der Waals surface area (Å²) in [7, 11) is 0. The standard InChI is InChI=1S/C19H36N2O7/c1-19(2,3)28-18(25)21-9-7-13-27-11-5-4-10-26-12-6-8-15(17(23)24)14-16(20)22/h15H,4-14H2,1-3H3,(H2,20,22)(H,21,25)(H,23,24). The van der Waals surface area contributed by atoms with Gasteiger partial charge in [-0.1, -0.05) is 0 Å². The summed E-state index contributed by atoms with van der Waals surface area (Å²) in [6.07, 6.45) is 2.81. The Morgan fingerprint density at radius 1 is 0.964 bits per heavy atom. The van der Waals surface area contributed by atoms with Crippen molar-refractivity contribution < 1.29 is 33.7 Å². The molecule has 0 spiro atoms. The zero-order chi connectivity index (χ0) is 21.4. The molecule has 0 bridgehead atoms. The number of hydrogen-bond donors (Lipinski definition) is 3. The molecular formula is C19H36N2O7. The number of rotatable bonds is 16. The SMILES string of the molecule is CC(C)(C)OC(=O)NCCCOCCCCOCCCC(CC(N)=O)C(=O)O. The molecule has 1 unspecified atom stereocenters. The Hall–Kier alpha value is -1.87. The Morgan fingerprint density at radius 3 is 2.00 bits per heavy atom. The summed E-state index contributed by atoms with van der Waals surface area (Å²) in [4.78, 5) is 33.2. The van der Waals surface area contributed by atoms with Gasteiger partial charge >= 0.3 is 12.1 Å². The lowest BCUT2D eigenvalue weighted by Crippen LogP contribution is -2.33. The highest BCUT2D eigenvalue weighted by atomic mass is 16.6. The van der Waals surface area contributed by atoms with Crippen molar-refractivity contribution >= 4 is 18.0 Å². The second-order valence-electron chi connectivity index (χ2n) is 7.56. The third kappa shape index (κ3) is 17.5. The molecule has 2 amide bonds. The molecule has 0 heterocycles. The van der Waals surface area contributed by atoms with E-state index in [0.29, 0.717) is 52.2 Å². The third-order valence-corrected chi connectivity index (χ3v) is 3.60. The van der Waals surface area contributed by atoms with Gasteiger partial charge in [-0.05, 0) is 52.9 Å². The molecule has 0 rings (SSSR count). The number of primary amides is 1. The molecule has 0 aliphatic heterocycles. The molecule has 0 aliphatic carbocycles. The summed E-state index contributed by atoms with van der Waals surface area (Å²) < 4.78 is 16.1. The fourth-order valence-corrected chi connectivity index (χ4v) is 2.28. The number of carboxylic acids is 1. The molecule has 0 aromatic heterocycles. The van der Waals surface area contributed by atoms with Crippen molar-refractivity contribution in [2.24, 2.45) is 11.7 Å². The maximum atomic E-state index is 11.4. The molecule has 0 radical (unpaired) electrons. The van der Waals surface area contributed by atoms with Crippen LogP contribution in [0.15, 0.2) is 0 Å². The van der Waals surface area contributed by atoms with Crippen LogP contribution in [-0.4, -0.2) is 61.6 Å². The zero-order valence-electron chi connectivity index (χ0n) is 17.3. The summed E-state index contributed by atoms with van der Waals surface area (Å²) in [6.45, 7) is 8.17. The van der Waals surface area contributed by atoms with E-state index >= 15 is 0 Å². The Morgan fingerprint density at radius 2 is 1.50 bits per heavy atom. The van der Waals surface area contributed by atoms with Gasteiger partial charge in [-0.15, -0.1) is 0 Å². The minimum atomic E-state index is -1.00. The molecule has 0 fully saturated rings. The van der Waals surface area contributed by atoms with Crippen LogP contribution in [-0.2, 0) is 23.8 Å². The summed E-state index contributed by atoms with van der Waals surface area (Å²) >= 11 is 0. The van der Waals surface area contributed by atoms with Gasteiger partial charge in [-0.2, -0.15) is 0 Å². The minimum absolute atomic E-state index is 0.139. The Balaban J connectivity index is 3.41. The van der Waals surface area contributed by atoms with Gasteiger partial charge in [-0.25, -0.2) is 4.79 Å². The number of carbonyl (C=O) groups excluding carboxylic acids is 2. The van der Waals surface area contributed by atoms with Crippen LogP contribution >= 0.6 is 0 Å². The first-order chi connectivity index (χ1) is 13.1. The first-order valence-corrected chi connectivity index (χ1v) is 9.75. The van der Waals surface area contributed by atoms with E-state index in [0.717, 1.165) is 12.8 Å². The molecule has 0 aromatic carbocycles. The van der Waals surface area contributed by atoms with Crippen molar-refractivity contribution in [1.82, 2.24) is 5.32 Å². The number of ether oxygens (including phenoxy) is 3. The van der Waals surface area contributed by atoms with Gasteiger partial charge in [-0.3, -0.25) is 9.59 Å². The highest BCUT2D eigenvalue weighted by Crippen LogP contribution is 2.11. The number of nitrogens with two attached hydrogens (primary N) is 1. The third-order valence-electron chi connectivity index (χ3n) is 3.60. The van der Waals surface area contributed by atoms with Gasteiger partial charge in [0, 0.05) is 39.4 Å². The number of amides is 2. The average Bonchev–Trinajstić information content (AvgIpc) is 2.55. The number of unbranched alkanes of at least 4 members (excludes halogenated alkanes) is 1. The number of carbonyl (C=O) groups is 3. The lowest BCUT2D eigenvalue weighted by Gasteiger charge is -2.19. The smallest absolute Gasteiger partial charge is 0.407 e. The number of hydrogen-bond acceptors (Lipinski definition) is 6. The van der Waals surface area contributed by atoms with E-state index in [1.54, 1.807) is 0 Å². The minimum Gasteiger partial charge on any atom is -0.481 e. The van der Waals surface area contributed by atoms with Crippen molar-refractivity contribution in [1.29, 1.82) is 0 Å². The van der Waals surface area contributed by atoms with E-state index in [-0.39, 0.29) is 6.42 Å².